The van der Waals surface area contributed by atoms with Crippen molar-refractivity contribution in [2.24, 2.45) is 0 Å². The average Bonchev–Trinajstić information content (AvgIpc) is 3.12. The lowest BCUT2D eigenvalue weighted by molar-refractivity contribution is 0.951. The van der Waals surface area contributed by atoms with Gasteiger partial charge >= 0.3 is 0 Å². The molecule has 4 aromatic rings. The molecule has 0 saturated carbocycles. The highest BCUT2D eigenvalue weighted by Gasteiger charge is 2.36. The molecule has 0 spiro atoms. The molecule has 2 aromatic heterocycles. The van der Waals surface area contributed by atoms with Crippen LogP contribution in [0.4, 0.5) is 17.1 Å². The summed E-state index contributed by atoms with van der Waals surface area (Å²) < 4.78 is 0. The van der Waals surface area contributed by atoms with Crippen molar-refractivity contribution in [2.45, 2.75) is 19.3 Å². The summed E-state index contributed by atoms with van der Waals surface area (Å²) in [5.74, 6) is 0. The van der Waals surface area contributed by atoms with Gasteiger partial charge in [-0.25, -0.2) is 0 Å². The van der Waals surface area contributed by atoms with Crippen molar-refractivity contribution in [1.82, 2.24) is 9.97 Å². The smallest absolute Gasteiger partial charge is 0.0688 e. The predicted molar refractivity (Wildman–Crippen MR) is 111 cm³/mol. The molecule has 0 amide bonds. The van der Waals surface area contributed by atoms with Crippen molar-refractivity contribution in [3.05, 3.63) is 101 Å². The van der Waals surface area contributed by atoms with Crippen molar-refractivity contribution in [3.8, 4) is 11.1 Å². The molecule has 3 nitrogen and oxygen atoms in total. The molecule has 0 saturated heterocycles. The first-order valence-electron chi connectivity index (χ1n) is 9.81. The van der Waals surface area contributed by atoms with Crippen molar-refractivity contribution >= 4 is 17.1 Å². The summed E-state index contributed by atoms with van der Waals surface area (Å²) in [6, 6.07) is 17.7. The van der Waals surface area contributed by atoms with Gasteiger partial charge in [0.05, 0.1) is 22.8 Å². The van der Waals surface area contributed by atoms with Crippen LogP contribution in [0.2, 0.25) is 0 Å². The van der Waals surface area contributed by atoms with Crippen LogP contribution in [0.1, 0.15) is 33.5 Å². The normalized spacial score (nSPS) is 14.6. The fourth-order valence-corrected chi connectivity index (χ4v) is 5.29. The second-order valence-corrected chi connectivity index (χ2v) is 7.89. The third-order valence-electron chi connectivity index (χ3n) is 6.45. The van der Waals surface area contributed by atoms with Crippen LogP contribution in [0.3, 0.4) is 0 Å². The Morgan fingerprint density at radius 2 is 1.68 bits per heavy atom. The monoisotopic (exact) mass is 359 g/mol. The zero-order valence-corrected chi connectivity index (χ0v) is 15.3. The minimum atomic E-state index is 0.909. The van der Waals surface area contributed by atoms with Crippen molar-refractivity contribution in [3.63, 3.8) is 0 Å². The van der Waals surface area contributed by atoms with Crippen molar-refractivity contribution in [2.75, 3.05) is 4.90 Å². The van der Waals surface area contributed by atoms with Gasteiger partial charge in [0.1, 0.15) is 0 Å². The number of anilines is 3. The average molecular weight is 359 g/mol. The van der Waals surface area contributed by atoms with E-state index in [0.29, 0.717) is 0 Å². The molecule has 2 aliphatic heterocycles. The Kier molecular flexibility index (Phi) is 2.64. The maximum Gasteiger partial charge on any atom is 0.0688 e. The van der Waals surface area contributed by atoms with E-state index >= 15 is 0 Å². The van der Waals surface area contributed by atoms with Gasteiger partial charge in [0.15, 0.2) is 0 Å². The van der Waals surface area contributed by atoms with E-state index in [4.69, 9.17) is 4.98 Å². The molecule has 2 aromatic carbocycles. The zero-order valence-electron chi connectivity index (χ0n) is 15.3. The Bertz CT molecular complexity index is 1290. The minimum absolute atomic E-state index is 0.909. The van der Waals surface area contributed by atoms with Gasteiger partial charge in [0, 0.05) is 31.4 Å². The lowest BCUT2D eigenvalue weighted by Gasteiger charge is -2.39. The van der Waals surface area contributed by atoms with Crippen LogP contribution < -0.4 is 4.90 Å². The van der Waals surface area contributed by atoms with E-state index < -0.39 is 0 Å². The van der Waals surface area contributed by atoms with Crippen LogP contribution in [0.5, 0.6) is 0 Å². The molecular formula is C25H17N3. The SMILES string of the molecule is c1ccc2c(c1)Cc1c-2cc2c3c1Cc1ncccc1N3c1ccncc1C2. The maximum absolute atomic E-state index is 4.76. The lowest BCUT2D eigenvalue weighted by Crippen LogP contribution is -2.26. The highest BCUT2D eigenvalue weighted by atomic mass is 15.2. The van der Waals surface area contributed by atoms with Crippen LogP contribution in [0, 0.1) is 0 Å². The zero-order chi connectivity index (χ0) is 18.2. The molecule has 7 rings (SSSR count). The Labute approximate surface area is 163 Å². The highest BCUT2D eigenvalue weighted by molar-refractivity contribution is 5.93. The number of benzene rings is 2. The maximum atomic E-state index is 4.76. The van der Waals surface area contributed by atoms with E-state index in [1.54, 1.807) is 0 Å². The van der Waals surface area contributed by atoms with Crippen LogP contribution >= 0.6 is 0 Å². The Hall–Kier alpha value is -3.46. The van der Waals surface area contributed by atoms with Gasteiger partial charge < -0.3 is 4.90 Å². The third-order valence-corrected chi connectivity index (χ3v) is 6.45. The van der Waals surface area contributed by atoms with Gasteiger partial charge in [-0.2, -0.15) is 0 Å². The number of hydrogen-bond acceptors (Lipinski definition) is 3. The molecule has 132 valence electrons. The molecule has 28 heavy (non-hydrogen) atoms. The largest absolute Gasteiger partial charge is 0.308 e. The number of fused-ring (bicyclic) bond motifs is 8. The van der Waals surface area contributed by atoms with Crippen LogP contribution in [0.15, 0.2) is 67.1 Å². The Balaban J connectivity index is 1.58. The summed E-state index contributed by atoms with van der Waals surface area (Å²) in [4.78, 5) is 11.6. The number of aromatic nitrogens is 2. The van der Waals surface area contributed by atoms with Crippen LogP contribution in [-0.4, -0.2) is 9.97 Å². The summed E-state index contributed by atoms with van der Waals surface area (Å²) in [6.45, 7) is 0. The number of hydrogen-bond donors (Lipinski definition) is 0. The summed E-state index contributed by atoms with van der Waals surface area (Å²) >= 11 is 0. The van der Waals surface area contributed by atoms with E-state index in [2.05, 4.69) is 52.3 Å². The molecule has 0 fully saturated rings. The second-order valence-electron chi connectivity index (χ2n) is 7.89. The Morgan fingerprint density at radius 1 is 0.714 bits per heavy atom. The first-order chi connectivity index (χ1) is 13.9. The topological polar surface area (TPSA) is 29.0 Å². The molecule has 0 radical (unpaired) electrons. The first kappa shape index (κ1) is 14.6. The molecule has 0 atom stereocenters. The van der Waals surface area contributed by atoms with E-state index in [1.165, 1.54) is 56.0 Å². The van der Waals surface area contributed by atoms with E-state index in [9.17, 15) is 0 Å². The number of rotatable bonds is 0. The fourth-order valence-electron chi connectivity index (χ4n) is 5.29. The van der Waals surface area contributed by atoms with Gasteiger partial charge in [-0.15, -0.1) is 0 Å². The van der Waals surface area contributed by atoms with Gasteiger partial charge in [0.25, 0.3) is 0 Å². The van der Waals surface area contributed by atoms with Gasteiger partial charge in [0.2, 0.25) is 0 Å². The molecule has 4 heterocycles. The van der Waals surface area contributed by atoms with Crippen molar-refractivity contribution in [1.29, 1.82) is 0 Å². The first-order valence-corrected chi connectivity index (χ1v) is 9.81. The fraction of sp³-hybridized carbons (Fsp3) is 0.120. The van der Waals surface area contributed by atoms with E-state index in [1.807, 2.05) is 24.7 Å². The van der Waals surface area contributed by atoms with Gasteiger partial charge in [-0.3, -0.25) is 9.97 Å². The Morgan fingerprint density at radius 3 is 2.68 bits per heavy atom. The van der Waals surface area contributed by atoms with Crippen molar-refractivity contribution < 1.29 is 0 Å². The molecule has 0 bridgehead atoms. The third kappa shape index (κ3) is 1.74. The quantitative estimate of drug-likeness (QED) is 0.367. The summed E-state index contributed by atoms with van der Waals surface area (Å²) in [5, 5.41) is 0. The summed E-state index contributed by atoms with van der Waals surface area (Å²) in [5.41, 5.74) is 14.9. The molecule has 0 unspecified atom stereocenters. The van der Waals surface area contributed by atoms with E-state index in [-0.39, 0.29) is 0 Å². The highest BCUT2D eigenvalue weighted by Crippen LogP contribution is 2.53. The predicted octanol–water partition coefficient (Wildman–Crippen LogP) is 5.33. The number of pyridine rings is 2. The standard InChI is InChI=1S/C25H17N3/c1-2-5-18-15(4-1)11-20-19(18)12-16-10-17-14-26-9-7-23(17)28-24-6-3-8-27-22(24)13-21(20)25(16)28/h1-9,12,14H,10-11,13H2. The van der Waals surface area contributed by atoms with E-state index in [0.717, 1.165) is 25.0 Å². The summed E-state index contributed by atoms with van der Waals surface area (Å²) in [6.07, 6.45) is 8.70. The van der Waals surface area contributed by atoms with Gasteiger partial charge in [-0.05, 0) is 69.6 Å². The molecular weight excluding hydrogens is 342 g/mol. The minimum Gasteiger partial charge on any atom is -0.308 e. The molecule has 1 aliphatic carbocycles. The lowest BCUT2D eigenvalue weighted by atomic mass is 9.84. The second kappa shape index (κ2) is 5.08. The number of nitrogens with zero attached hydrogens (tertiary/aromatic N) is 3. The molecule has 3 heteroatoms. The molecule has 0 N–H and O–H groups in total. The van der Waals surface area contributed by atoms with Gasteiger partial charge in [-0.1, -0.05) is 24.3 Å². The van der Waals surface area contributed by atoms with Crippen LogP contribution in [0.25, 0.3) is 11.1 Å². The van der Waals surface area contributed by atoms with Crippen LogP contribution in [-0.2, 0) is 19.3 Å². The molecule has 3 aliphatic rings. The summed E-state index contributed by atoms with van der Waals surface area (Å²) in [7, 11) is 0.